The molecule has 2 saturated heterocycles. The van der Waals surface area contributed by atoms with Crippen molar-refractivity contribution in [2.24, 2.45) is 0 Å². The highest BCUT2D eigenvalue weighted by Crippen LogP contribution is 2.30. The molecule has 0 aliphatic carbocycles. The van der Waals surface area contributed by atoms with E-state index in [0.717, 1.165) is 12.8 Å². The van der Waals surface area contributed by atoms with Gasteiger partial charge in [0.2, 0.25) is 0 Å². The highest BCUT2D eigenvalue weighted by atomic mass is 16.5. The molecule has 2 aliphatic rings. The van der Waals surface area contributed by atoms with Crippen LogP contribution in [0.5, 0.6) is 0 Å². The lowest BCUT2D eigenvalue weighted by molar-refractivity contribution is -0.147. The standard InChI is InChI=1S/C9H15NO3/c1-6(9(11)12)10-7-2-3-8(10)5-13-4-7/h6-8H,2-5H2,1H3,(H,11,12)/t6-,7-,8+/m1/s1. The molecule has 0 aromatic carbocycles. The molecule has 13 heavy (non-hydrogen) atoms. The first-order chi connectivity index (χ1) is 6.20. The molecule has 0 aromatic rings. The number of nitrogens with zero attached hydrogens (tertiary/aromatic N) is 1. The van der Waals surface area contributed by atoms with Crippen LogP contribution in [0, 0.1) is 0 Å². The maximum absolute atomic E-state index is 10.8. The van der Waals surface area contributed by atoms with E-state index in [0.29, 0.717) is 25.3 Å². The molecule has 0 radical (unpaired) electrons. The Morgan fingerprint density at radius 1 is 1.46 bits per heavy atom. The van der Waals surface area contributed by atoms with Crippen molar-refractivity contribution in [3.8, 4) is 0 Å². The highest BCUT2D eigenvalue weighted by molar-refractivity contribution is 5.73. The van der Waals surface area contributed by atoms with Crippen LogP contribution < -0.4 is 0 Å². The number of carboxylic acid groups (broad SMARTS) is 1. The van der Waals surface area contributed by atoms with Crippen LogP contribution in [0.3, 0.4) is 0 Å². The number of aliphatic carboxylic acids is 1. The molecule has 2 rings (SSSR count). The summed E-state index contributed by atoms with van der Waals surface area (Å²) in [7, 11) is 0. The third kappa shape index (κ3) is 1.44. The largest absolute Gasteiger partial charge is 0.480 e. The normalized spacial score (nSPS) is 36.1. The SMILES string of the molecule is C[C@H](C(=O)O)N1[C@@H]2CC[C@H]1COC2. The van der Waals surface area contributed by atoms with Crippen molar-refractivity contribution in [1.29, 1.82) is 0 Å². The summed E-state index contributed by atoms with van der Waals surface area (Å²) in [4.78, 5) is 12.9. The Bertz CT molecular complexity index is 203. The smallest absolute Gasteiger partial charge is 0.320 e. The van der Waals surface area contributed by atoms with E-state index in [1.54, 1.807) is 6.92 Å². The van der Waals surface area contributed by atoms with E-state index < -0.39 is 5.97 Å². The molecule has 0 unspecified atom stereocenters. The van der Waals surface area contributed by atoms with Gasteiger partial charge in [-0.1, -0.05) is 0 Å². The van der Waals surface area contributed by atoms with E-state index in [1.165, 1.54) is 0 Å². The lowest BCUT2D eigenvalue weighted by Crippen LogP contribution is -2.52. The van der Waals surface area contributed by atoms with E-state index in [1.807, 2.05) is 0 Å². The zero-order valence-corrected chi connectivity index (χ0v) is 7.77. The predicted octanol–water partition coefficient (Wildman–Crippen LogP) is 0.323. The third-order valence-electron chi connectivity index (χ3n) is 3.10. The zero-order valence-electron chi connectivity index (χ0n) is 7.77. The van der Waals surface area contributed by atoms with Crippen LogP contribution in [-0.4, -0.2) is 47.3 Å². The van der Waals surface area contributed by atoms with Crippen LogP contribution in [0.25, 0.3) is 0 Å². The van der Waals surface area contributed by atoms with Gasteiger partial charge in [0.05, 0.1) is 13.2 Å². The lowest BCUT2D eigenvalue weighted by Gasteiger charge is -2.37. The molecular weight excluding hydrogens is 170 g/mol. The summed E-state index contributed by atoms with van der Waals surface area (Å²) in [5, 5.41) is 8.92. The number of hydrogen-bond acceptors (Lipinski definition) is 3. The Kier molecular flexibility index (Phi) is 2.26. The van der Waals surface area contributed by atoms with Crippen molar-refractivity contribution < 1.29 is 14.6 Å². The first-order valence-electron chi connectivity index (χ1n) is 4.78. The van der Waals surface area contributed by atoms with Gasteiger partial charge in [-0.25, -0.2) is 0 Å². The minimum Gasteiger partial charge on any atom is -0.480 e. The van der Waals surface area contributed by atoms with E-state index in [4.69, 9.17) is 9.84 Å². The van der Waals surface area contributed by atoms with Crippen molar-refractivity contribution in [2.45, 2.75) is 37.9 Å². The molecule has 2 aliphatic heterocycles. The van der Waals surface area contributed by atoms with Crippen LogP contribution >= 0.6 is 0 Å². The van der Waals surface area contributed by atoms with E-state index in [-0.39, 0.29) is 6.04 Å². The number of carbonyl (C=O) groups is 1. The first kappa shape index (κ1) is 8.97. The number of rotatable bonds is 2. The van der Waals surface area contributed by atoms with E-state index in [9.17, 15) is 4.79 Å². The first-order valence-corrected chi connectivity index (χ1v) is 4.78. The molecule has 0 spiro atoms. The third-order valence-corrected chi connectivity index (χ3v) is 3.10. The number of carboxylic acids is 1. The summed E-state index contributed by atoms with van der Waals surface area (Å²) in [5.41, 5.74) is 0. The molecule has 1 N–H and O–H groups in total. The summed E-state index contributed by atoms with van der Waals surface area (Å²) in [6.07, 6.45) is 2.17. The number of ether oxygens (including phenoxy) is 1. The minimum absolute atomic E-state index is 0.338. The fourth-order valence-electron chi connectivity index (χ4n) is 2.42. The Morgan fingerprint density at radius 3 is 2.46 bits per heavy atom. The average Bonchev–Trinajstić information content (AvgIpc) is 2.34. The molecule has 2 fully saturated rings. The van der Waals surface area contributed by atoms with Crippen LogP contribution in [-0.2, 0) is 9.53 Å². The summed E-state index contributed by atoms with van der Waals surface area (Å²) in [6, 6.07) is 0.316. The molecule has 0 amide bonds. The van der Waals surface area contributed by atoms with Crippen molar-refractivity contribution in [3.05, 3.63) is 0 Å². The van der Waals surface area contributed by atoms with Gasteiger partial charge in [-0.2, -0.15) is 0 Å². The zero-order chi connectivity index (χ0) is 9.42. The van der Waals surface area contributed by atoms with E-state index >= 15 is 0 Å². The Morgan fingerprint density at radius 2 is 2.00 bits per heavy atom. The Hall–Kier alpha value is -0.610. The minimum atomic E-state index is -0.723. The van der Waals surface area contributed by atoms with Crippen LogP contribution in [0.1, 0.15) is 19.8 Å². The molecule has 74 valence electrons. The van der Waals surface area contributed by atoms with Gasteiger partial charge in [-0.15, -0.1) is 0 Å². The summed E-state index contributed by atoms with van der Waals surface area (Å²) in [5.74, 6) is -0.723. The maximum Gasteiger partial charge on any atom is 0.320 e. The molecule has 2 heterocycles. The number of fused-ring (bicyclic) bond motifs is 2. The van der Waals surface area contributed by atoms with Crippen LogP contribution in [0.2, 0.25) is 0 Å². The Balaban J connectivity index is 2.10. The average molecular weight is 185 g/mol. The Labute approximate surface area is 77.5 Å². The van der Waals surface area contributed by atoms with Crippen molar-refractivity contribution in [3.63, 3.8) is 0 Å². The second-order valence-electron chi connectivity index (χ2n) is 3.88. The molecular formula is C9H15NO3. The molecule has 0 saturated carbocycles. The van der Waals surface area contributed by atoms with Crippen molar-refractivity contribution in [2.75, 3.05) is 13.2 Å². The fraction of sp³-hybridized carbons (Fsp3) is 0.889. The highest BCUT2D eigenvalue weighted by Gasteiger charge is 2.41. The summed E-state index contributed by atoms with van der Waals surface area (Å²) in [6.45, 7) is 3.17. The monoisotopic (exact) mass is 185 g/mol. The van der Waals surface area contributed by atoms with Crippen LogP contribution in [0.15, 0.2) is 0 Å². The predicted molar refractivity (Wildman–Crippen MR) is 46.6 cm³/mol. The number of morpholine rings is 1. The van der Waals surface area contributed by atoms with Gasteiger partial charge in [0.25, 0.3) is 0 Å². The number of hydrogen-bond donors (Lipinski definition) is 1. The van der Waals surface area contributed by atoms with Crippen molar-refractivity contribution >= 4 is 5.97 Å². The topological polar surface area (TPSA) is 49.8 Å². The van der Waals surface area contributed by atoms with Gasteiger partial charge in [0.1, 0.15) is 6.04 Å². The second-order valence-corrected chi connectivity index (χ2v) is 3.88. The van der Waals surface area contributed by atoms with Gasteiger partial charge in [-0.05, 0) is 19.8 Å². The van der Waals surface area contributed by atoms with Gasteiger partial charge >= 0.3 is 5.97 Å². The second kappa shape index (κ2) is 3.27. The molecule has 2 bridgehead atoms. The lowest BCUT2D eigenvalue weighted by atomic mass is 10.2. The fourth-order valence-corrected chi connectivity index (χ4v) is 2.42. The summed E-state index contributed by atoms with van der Waals surface area (Å²) >= 11 is 0. The van der Waals surface area contributed by atoms with Gasteiger partial charge in [0.15, 0.2) is 0 Å². The quantitative estimate of drug-likeness (QED) is 0.673. The van der Waals surface area contributed by atoms with E-state index in [2.05, 4.69) is 4.90 Å². The van der Waals surface area contributed by atoms with Gasteiger partial charge in [-0.3, -0.25) is 9.69 Å². The van der Waals surface area contributed by atoms with Crippen molar-refractivity contribution in [1.82, 2.24) is 4.90 Å². The van der Waals surface area contributed by atoms with Gasteiger partial charge in [0, 0.05) is 12.1 Å². The van der Waals surface area contributed by atoms with Gasteiger partial charge < -0.3 is 9.84 Å². The van der Waals surface area contributed by atoms with Crippen LogP contribution in [0.4, 0.5) is 0 Å². The molecule has 0 aromatic heterocycles. The maximum atomic E-state index is 10.8. The molecule has 3 atom stereocenters. The summed E-state index contributed by atoms with van der Waals surface area (Å²) < 4.78 is 5.38. The molecule has 4 nitrogen and oxygen atoms in total. The molecule has 4 heteroatoms.